The Kier molecular flexibility index (Phi) is 3.45. The summed E-state index contributed by atoms with van der Waals surface area (Å²) in [4.78, 5) is 10.9. The smallest absolute Gasteiger partial charge is 0.267 e. The van der Waals surface area contributed by atoms with Crippen LogP contribution in [0.4, 0.5) is 0 Å². The summed E-state index contributed by atoms with van der Waals surface area (Å²) in [7, 11) is 0. The van der Waals surface area contributed by atoms with E-state index in [0.29, 0.717) is 11.3 Å². The van der Waals surface area contributed by atoms with Gasteiger partial charge in [-0.25, -0.2) is 5.10 Å². The second-order valence-electron chi connectivity index (χ2n) is 2.25. The summed E-state index contributed by atoms with van der Waals surface area (Å²) in [5.41, 5.74) is 1.06. The van der Waals surface area contributed by atoms with Crippen LogP contribution in [0, 0.1) is 25.2 Å². The zero-order valence-corrected chi connectivity index (χ0v) is 7.53. The molecule has 4 nitrogen and oxygen atoms in total. The number of rotatable bonds is 0. The van der Waals surface area contributed by atoms with Crippen molar-refractivity contribution >= 4 is 12.4 Å². The summed E-state index contributed by atoms with van der Waals surface area (Å²) in [5, 5.41) is 14.5. The van der Waals surface area contributed by atoms with Crippen molar-refractivity contribution < 1.29 is 0 Å². The van der Waals surface area contributed by atoms with E-state index in [1.54, 1.807) is 13.8 Å². The topological polar surface area (TPSA) is 69.5 Å². The van der Waals surface area contributed by atoms with Crippen LogP contribution in [-0.4, -0.2) is 10.2 Å². The minimum Gasteiger partial charge on any atom is -0.267 e. The van der Waals surface area contributed by atoms with Gasteiger partial charge in [-0.15, -0.1) is 12.4 Å². The molecule has 0 aliphatic heterocycles. The van der Waals surface area contributed by atoms with Crippen molar-refractivity contribution in [1.29, 1.82) is 5.26 Å². The number of nitrogens with zero attached hydrogens (tertiary/aromatic N) is 2. The third kappa shape index (κ3) is 1.63. The largest absolute Gasteiger partial charge is 0.282 e. The zero-order valence-electron chi connectivity index (χ0n) is 6.71. The predicted octanol–water partition coefficient (Wildman–Crippen LogP) is 0.680. The second kappa shape index (κ2) is 3.88. The van der Waals surface area contributed by atoms with Gasteiger partial charge < -0.3 is 0 Å². The number of nitrogens with one attached hydrogen (secondary N) is 1. The molecule has 0 bridgehead atoms. The Balaban J connectivity index is 0.00000121. The SMILES string of the molecule is Cc1n[nH]c(=O)c(C#N)c1C.Cl. The van der Waals surface area contributed by atoms with Crippen LogP contribution in [0.25, 0.3) is 0 Å². The quantitative estimate of drug-likeness (QED) is 0.646. The van der Waals surface area contributed by atoms with E-state index in [9.17, 15) is 4.79 Å². The minimum absolute atomic E-state index is 0. The molecule has 1 aromatic rings. The minimum atomic E-state index is -0.421. The van der Waals surface area contributed by atoms with Crippen molar-refractivity contribution in [2.24, 2.45) is 0 Å². The molecule has 64 valence electrons. The first-order valence-corrected chi connectivity index (χ1v) is 3.12. The van der Waals surface area contributed by atoms with Crippen LogP contribution in [-0.2, 0) is 0 Å². The molecule has 0 radical (unpaired) electrons. The monoisotopic (exact) mass is 185 g/mol. The Labute approximate surface area is 75.6 Å². The molecule has 0 unspecified atom stereocenters. The third-order valence-corrected chi connectivity index (χ3v) is 1.58. The summed E-state index contributed by atoms with van der Waals surface area (Å²) in [6.07, 6.45) is 0. The normalized spacial score (nSPS) is 8.42. The van der Waals surface area contributed by atoms with E-state index in [4.69, 9.17) is 5.26 Å². The molecule has 1 rings (SSSR count). The van der Waals surface area contributed by atoms with E-state index in [1.165, 1.54) is 0 Å². The summed E-state index contributed by atoms with van der Waals surface area (Å²) in [6.45, 7) is 3.45. The van der Waals surface area contributed by atoms with E-state index < -0.39 is 5.56 Å². The van der Waals surface area contributed by atoms with Gasteiger partial charge >= 0.3 is 0 Å². The Morgan fingerprint density at radius 3 is 2.50 bits per heavy atom. The molecule has 0 atom stereocenters. The lowest BCUT2D eigenvalue weighted by Gasteiger charge is -1.96. The first-order chi connectivity index (χ1) is 5.16. The van der Waals surface area contributed by atoms with Crippen LogP contribution in [0.1, 0.15) is 16.8 Å². The fourth-order valence-electron chi connectivity index (χ4n) is 0.760. The predicted molar refractivity (Wildman–Crippen MR) is 46.3 cm³/mol. The first-order valence-electron chi connectivity index (χ1n) is 3.12. The van der Waals surface area contributed by atoms with Gasteiger partial charge in [0.1, 0.15) is 11.6 Å². The molecule has 1 aromatic heterocycles. The number of halogens is 1. The molecule has 1 heterocycles. The molecular weight excluding hydrogens is 178 g/mol. The van der Waals surface area contributed by atoms with Crippen LogP contribution in [0.2, 0.25) is 0 Å². The summed E-state index contributed by atoms with van der Waals surface area (Å²) in [6, 6.07) is 1.82. The van der Waals surface area contributed by atoms with E-state index in [2.05, 4.69) is 10.2 Å². The zero-order chi connectivity index (χ0) is 8.43. The Bertz CT molecular complexity index is 377. The number of aromatic nitrogens is 2. The average Bonchev–Trinajstić information content (AvgIpc) is 1.99. The maximum Gasteiger partial charge on any atom is 0.282 e. The lowest BCUT2D eigenvalue weighted by atomic mass is 10.1. The lowest BCUT2D eigenvalue weighted by molar-refractivity contribution is 0.920. The van der Waals surface area contributed by atoms with Gasteiger partial charge in [0.15, 0.2) is 0 Å². The molecule has 0 saturated carbocycles. The van der Waals surface area contributed by atoms with E-state index in [1.807, 2.05) is 6.07 Å². The van der Waals surface area contributed by atoms with Crippen molar-refractivity contribution in [2.75, 3.05) is 0 Å². The molecule has 5 heteroatoms. The molecule has 0 aromatic carbocycles. The number of hydrogen-bond acceptors (Lipinski definition) is 3. The summed E-state index contributed by atoms with van der Waals surface area (Å²) < 4.78 is 0. The summed E-state index contributed by atoms with van der Waals surface area (Å²) in [5.74, 6) is 0. The first kappa shape index (κ1) is 10.7. The molecule has 0 aliphatic carbocycles. The molecule has 12 heavy (non-hydrogen) atoms. The average molecular weight is 186 g/mol. The van der Waals surface area contributed by atoms with Crippen molar-refractivity contribution in [2.45, 2.75) is 13.8 Å². The van der Waals surface area contributed by atoms with Gasteiger partial charge in [-0.05, 0) is 19.4 Å². The van der Waals surface area contributed by atoms with Gasteiger partial charge in [0.25, 0.3) is 5.56 Å². The van der Waals surface area contributed by atoms with Crippen LogP contribution in [0.3, 0.4) is 0 Å². The van der Waals surface area contributed by atoms with Crippen LogP contribution in [0.5, 0.6) is 0 Å². The van der Waals surface area contributed by atoms with Gasteiger partial charge in [0, 0.05) is 0 Å². The highest BCUT2D eigenvalue weighted by Crippen LogP contribution is 2.01. The molecule has 0 saturated heterocycles. The van der Waals surface area contributed by atoms with Crippen molar-refractivity contribution in [3.8, 4) is 6.07 Å². The number of H-pyrrole nitrogens is 1. The molecule has 0 amide bonds. The van der Waals surface area contributed by atoms with Crippen LogP contribution >= 0.6 is 12.4 Å². The van der Waals surface area contributed by atoms with E-state index in [0.717, 1.165) is 0 Å². The second-order valence-corrected chi connectivity index (χ2v) is 2.25. The van der Waals surface area contributed by atoms with Gasteiger partial charge in [0.05, 0.1) is 5.69 Å². The molecule has 0 aliphatic rings. The van der Waals surface area contributed by atoms with Crippen LogP contribution < -0.4 is 5.56 Å². The molecule has 0 spiro atoms. The fourth-order valence-corrected chi connectivity index (χ4v) is 0.760. The van der Waals surface area contributed by atoms with Crippen molar-refractivity contribution in [3.63, 3.8) is 0 Å². The Hall–Kier alpha value is -1.34. The number of nitriles is 1. The third-order valence-electron chi connectivity index (χ3n) is 1.58. The maximum atomic E-state index is 10.9. The highest BCUT2D eigenvalue weighted by Gasteiger charge is 2.04. The maximum absolute atomic E-state index is 10.9. The van der Waals surface area contributed by atoms with E-state index >= 15 is 0 Å². The Morgan fingerprint density at radius 1 is 1.50 bits per heavy atom. The van der Waals surface area contributed by atoms with Gasteiger partial charge in [-0.3, -0.25) is 4.79 Å². The number of aryl methyl sites for hydroxylation is 1. The van der Waals surface area contributed by atoms with Crippen molar-refractivity contribution in [3.05, 3.63) is 27.2 Å². The van der Waals surface area contributed by atoms with E-state index in [-0.39, 0.29) is 18.0 Å². The fraction of sp³-hybridized carbons (Fsp3) is 0.286. The lowest BCUT2D eigenvalue weighted by Crippen LogP contribution is -2.15. The number of hydrogen-bond donors (Lipinski definition) is 1. The van der Waals surface area contributed by atoms with Gasteiger partial charge in [-0.2, -0.15) is 10.4 Å². The van der Waals surface area contributed by atoms with Gasteiger partial charge in [-0.1, -0.05) is 0 Å². The Morgan fingerprint density at radius 2 is 2.08 bits per heavy atom. The van der Waals surface area contributed by atoms with Gasteiger partial charge in [0.2, 0.25) is 0 Å². The van der Waals surface area contributed by atoms with Crippen molar-refractivity contribution in [1.82, 2.24) is 10.2 Å². The highest BCUT2D eigenvalue weighted by molar-refractivity contribution is 5.85. The number of aromatic amines is 1. The molecule has 0 fully saturated rings. The standard InChI is InChI=1S/C7H7N3O.ClH/c1-4-5(2)9-10-7(11)6(4)3-8;/h1-2H3,(H,10,11);1H. The van der Waals surface area contributed by atoms with Crippen LogP contribution in [0.15, 0.2) is 4.79 Å². The summed E-state index contributed by atoms with van der Waals surface area (Å²) >= 11 is 0. The highest BCUT2D eigenvalue weighted by atomic mass is 35.5. The molecular formula is C7H8ClN3O. The molecule has 1 N–H and O–H groups in total.